The number of aliphatic hydroxyl groups excluding tert-OH is 1. The molecule has 6 heteroatoms. The standard InChI is InChI=1S/C26H23NO5/c1-16-10-7-8-13-18(16)23-22(24(28)21-19(31-2)14-9-15-20(21)32-3)25(29)26(30)27(23)17-11-5-4-6-12-17/h4-15,23,28H,1-3H3/b24-22+. The molecule has 1 heterocycles. The minimum Gasteiger partial charge on any atom is -0.506 e. The second-order valence-corrected chi connectivity index (χ2v) is 7.40. The van der Waals surface area contributed by atoms with Gasteiger partial charge in [0.15, 0.2) is 0 Å². The van der Waals surface area contributed by atoms with Crippen LogP contribution >= 0.6 is 0 Å². The molecule has 3 aromatic carbocycles. The van der Waals surface area contributed by atoms with Crippen molar-refractivity contribution < 1.29 is 24.2 Å². The van der Waals surface area contributed by atoms with Crippen molar-refractivity contribution in [2.45, 2.75) is 13.0 Å². The first-order chi connectivity index (χ1) is 15.5. The lowest BCUT2D eigenvalue weighted by Crippen LogP contribution is -2.29. The first-order valence-corrected chi connectivity index (χ1v) is 10.1. The quantitative estimate of drug-likeness (QED) is 0.363. The van der Waals surface area contributed by atoms with Crippen molar-refractivity contribution >= 4 is 23.1 Å². The Kier molecular flexibility index (Phi) is 5.69. The van der Waals surface area contributed by atoms with E-state index in [9.17, 15) is 14.7 Å². The minimum absolute atomic E-state index is 0.0176. The third-order valence-electron chi connectivity index (χ3n) is 5.63. The molecule has 0 radical (unpaired) electrons. The number of benzene rings is 3. The molecule has 1 aliphatic rings. The fraction of sp³-hybridized carbons (Fsp3) is 0.154. The molecule has 1 fully saturated rings. The number of ketones is 1. The van der Waals surface area contributed by atoms with Gasteiger partial charge in [-0.15, -0.1) is 0 Å². The zero-order valence-corrected chi connectivity index (χ0v) is 18.0. The van der Waals surface area contributed by atoms with Gasteiger partial charge in [0.1, 0.15) is 22.8 Å². The first-order valence-electron chi connectivity index (χ1n) is 10.1. The number of carbonyl (C=O) groups excluding carboxylic acids is 2. The van der Waals surface area contributed by atoms with Gasteiger partial charge in [0, 0.05) is 5.69 Å². The Balaban J connectivity index is 2.04. The molecule has 0 aromatic heterocycles. The van der Waals surface area contributed by atoms with E-state index in [1.807, 2.05) is 37.3 Å². The number of aryl methyl sites for hydroxylation is 1. The summed E-state index contributed by atoms with van der Waals surface area (Å²) in [5.74, 6) is -1.16. The molecule has 4 rings (SSSR count). The molecule has 0 spiro atoms. The highest BCUT2D eigenvalue weighted by atomic mass is 16.5. The predicted molar refractivity (Wildman–Crippen MR) is 122 cm³/mol. The number of hydrogen-bond donors (Lipinski definition) is 1. The Bertz CT molecular complexity index is 1190. The summed E-state index contributed by atoms with van der Waals surface area (Å²) in [6, 6.07) is 20.7. The number of carbonyl (C=O) groups is 2. The summed E-state index contributed by atoms with van der Waals surface area (Å²) < 4.78 is 10.8. The van der Waals surface area contributed by atoms with E-state index in [-0.39, 0.29) is 16.9 Å². The predicted octanol–water partition coefficient (Wildman–Crippen LogP) is 4.64. The summed E-state index contributed by atoms with van der Waals surface area (Å²) in [7, 11) is 2.93. The molecule has 0 saturated carbocycles. The van der Waals surface area contributed by atoms with E-state index < -0.39 is 17.7 Å². The smallest absolute Gasteiger partial charge is 0.300 e. The number of nitrogens with zero attached hydrogens (tertiary/aromatic N) is 1. The fourth-order valence-electron chi connectivity index (χ4n) is 4.09. The van der Waals surface area contributed by atoms with Gasteiger partial charge in [0.05, 0.1) is 25.8 Å². The van der Waals surface area contributed by atoms with Crippen molar-refractivity contribution in [2.75, 3.05) is 19.1 Å². The van der Waals surface area contributed by atoms with Gasteiger partial charge in [-0.05, 0) is 42.3 Å². The SMILES string of the molecule is COc1cccc(OC)c1/C(O)=C1\C(=O)C(=O)N(c2ccccc2)C1c1ccccc1C. The van der Waals surface area contributed by atoms with Crippen LogP contribution in [0.2, 0.25) is 0 Å². The number of methoxy groups -OCH3 is 2. The highest BCUT2D eigenvalue weighted by Gasteiger charge is 2.47. The molecular formula is C26H23NO5. The Morgan fingerprint density at radius 1 is 0.844 bits per heavy atom. The van der Waals surface area contributed by atoms with Gasteiger partial charge in [0.2, 0.25) is 0 Å². The molecule has 32 heavy (non-hydrogen) atoms. The second-order valence-electron chi connectivity index (χ2n) is 7.40. The number of ether oxygens (including phenoxy) is 2. The second kappa shape index (κ2) is 8.59. The molecule has 1 amide bonds. The van der Waals surface area contributed by atoms with Crippen LogP contribution in [-0.2, 0) is 9.59 Å². The van der Waals surface area contributed by atoms with E-state index >= 15 is 0 Å². The van der Waals surface area contributed by atoms with E-state index in [1.165, 1.54) is 19.1 Å². The fourth-order valence-corrected chi connectivity index (χ4v) is 4.09. The van der Waals surface area contributed by atoms with Crippen LogP contribution in [0.3, 0.4) is 0 Å². The summed E-state index contributed by atoms with van der Waals surface area (Å²) in [6.45, 7) is 1.91. The molecule has 1 unspecified atom stereocenters. The number of aliphatic hydroxyl groups is 1. The molecule has 6 nitrogen and oxygen atoms in total. The van der Waals surface area contributed by atoms with Crippen LogP contribution in [-0.4, -0.2) is 31.0 Å². The van der Waals surface area contributed by atoms with E-state index in [0.717, 1.165) is 11.1 Å². The zero-order chi connectivity index (χ0) is 22.8. The summed E-state index contributed by atoms with van der Waals surface area (Å²) in [5, 5.41) is 11.4. The third-order valence-corrected chi connectivity index (χ3v) is 5.63. The molecular weight excluding hydrogens is 406 g/mol. The lowest BCUT2D eigenvalue weighted by Gasteiger charge is -2.26. The Labute approximate surface area is 186 Å². The Hall–Kier alpha value is -4.06. The third kappa shape index (κ3) is 3.39. The zero-order valence-electron chi connectivity index (χ0n) is 18.0. The average molecular weight is 429 g/mol. The van der Waals surface area contributed by atoms with Crippen LogP contribution in [0.1, 0.15) is 22.7 Å². The summed E-state index contributed by atoms with van der Waals surface area (Å²) >= 11 is 0. The largest absolute Gasteiger partial charge is 0.506 e. The number of hydrogen-bond acceptors (Lipinski definition) is 5. The molecule has 1 saturated heterocycles. The van der Waals surface area contributed by atoms with E-state index in [1.54, 1.807) is 42.5 Å². The van der Waals surface area contributed by atoms with Crippen molar-refractivity contribution in [3.8, 4) is 11.5 Å². The van der Waals surface area contributed by atoms with Crippen molar-refractivity contribution in [3.63, 3.8) is 0 Å². The highest BCUT2D eigenvalue weighted by molar-refractivity contribution is 6.51. The molecule has 1 aliphatic heterocycles. The van der Waals surface area contributed by atoms with Gasteiger partial charge < -0.3 is 14.6 Å². The van der Waals surface area contributed by atoms with Crippen LogP contribution < -0.4 is 14.4 Å². The Morgan fingerprint density at radius 3 is 2.03 bits per heavy atom. The number of anilines is 1. The van der Waals surface area contributed by atoms with Crippen LogP contribution in [0.4, 0.5) is 5.69 Å². The molecule has 1 N–H and O–H groups in total. The van der Waals surface area contributed by atoms with Crippen LogP contribution in [0, 0.1) is 6.92 Å². The van der Waals surface area contributed by atoms with E-state index in [4.69, 9.17) is 9.47 Å². The van der Waals surface area contributed by atoms with Crippen molar-refractivity contribution in [2.24, 2.45) is 0 Å². The number of para-hydroxylation sites is 1. The molecule has 0 aliphatic carbocycles. The van der Waals surface area contributed by atoms with E-state index in [0.29, 0.717) is 17.2 Å². The van der Waals surface area contributed by atoms with Crippen molar-refractivity contribution in [1.29, 1.82) is 0 Å². The normalized spacial score (nSPS) is 17.5. The Morgan fingerprint density at radius 2 is 1.44 bits per heavy atom. The molecule has 0 bridgehead atoms. The first kappa shape index (κ1) is 21.2. The van der Waals surface area contributed by atoms with Gasteiger partial charge in [-0.3, -0.25) is 14.5 Å². The topological polar surface area (TPSA) is 76.1 Å². The molecule has 162 valence electrons. The number of Topliss-reactive ketones (excluding diaryl/α,β-unsaturated/α-hetero) is 1. The lowest BCUT2D eigenvalue weighted by atomic mass is 9.92. The summed E-state index contributed by atoms with van der Waals surface area (Å²) in [4.78, 5) is 28.0. The van der Waals surface area contributed by atoms with E-state index in [2.05, 4.69) is 0 Å². The van der Waals surface area contributed by atoms with Crippen molar-refractivity contribution in [3.05, 3.63) is 95.1 Å². The maximum Gasteiger partial charge on any atom is 0.300 e. The van der Waals surface area contributed by atoms with Crippen LogP contribution in [0.15, 0.2) is 78.4 Å². The molecule has 3 aromatic rings. The number of amides is 1. The lowest BCUT2D eigenvalue weighted by molar-refractivity contribution is -0.132. The van der Waals surface area contributed by atoms with Gasteiger partial charge in [0.25, 0.3) is 11.7 Å². The van der Waals surface area contributed by atoms with Gasteiger partial charge in [-0.2, -0.15) is 0 Å². The van der Waals surface area contributed by atoms with Crippen LogP contribution in [0.5, 0.6) is 11.5 Å². The maximum atomic E-state index is 13.3. The molecule has 1 atom stereocenters. The monoisotopic (exact) mass is 429 g/mol. The average Bonchev–Trinajstić information content (AvgIpc) is 3.09. The number of rotatable bonds is 5. The maximum absolute atomic E-state index is 13.3. The highest BCUT2D eigenvalue weighted by Crippen LogP contribution is 2.45. The van der Waals surface area contributed by atoms with Crippen LogP contribution in [0.25, 0.3) is 5.76 Å². The summed E-state index contributed by atoms with van der Waals surface area (Å²) in [6.07, 6.45) is 0. The van der Waals surface area contributed by atoms with Crippen molar-refractivity contribution in [1.82, 2.24) is 0 Å². The summed E-state index contributed by atoms with van der Waals surface area (Å²) in [5.41, 5.74) is 2.40. The van der Waals surface area contributed by atoms with Gasteiger partial charge in [-0.1, -0.05) is 48.5 Å². The van der Waals surface area contributed by atoms with Gasteiger partial charge >= 0.3 is 0 Å². The van der Waals surface area contributed by atoms with Gasteiger partial charge in [-0.25, -0.2) is 0 Å². The minimum atomic E-state index is -0.812.